The highest BCUT2D eigenvalue weighted by molar-refractivity contribution is 5.97. The fourth-order valence-electron chi connectivity index (χ4n) is 1.83. The second kappa shape index (κ2) is 5.99. The van der Waals surface area contributed by atoms with E-state index in [0.29, 0.717) is 0 Å². The number of hydrogen-bond acceptors (Lipinski definition) is 1. The summed E-state index contributed by atoms with van der Waals surface area (Å²) in [5, 5.41) is 0. The molecule has 2 N–H and O–H groups in total. The average molecular weight is 292 g/mol. The predicted molar refractivity (Wildman–Crippen MR) is 76.8 cm³/mol. The highest BCUT2D eigenvalue weighted by atomic mass is 19.3. The predicted octanol–water partition coefficient (Wildman–Crippen LogP) is 3.84. The maximum absolute atomic E-state index is 13.5. The molecule has 0 heterocycles. The monoisotopic (exact) mass is 292 g/mol. The van der Waals surface area contributed by atoms with Crippen molar-refractivity contribution in [1.29, 1.82) is 0 Å². The van der Waals surface area contributed by atoms with Crippen LogP contribution in [-0.2, 0) is 12.5 Å². The lowest BCUT2D eigenvalue weighted by Crippen LogP contribution is -2.15. The molecule has 0 aliphatic rings. The third-order valence-corrected chi connectivity index (χ3v) is 3.04. The number of alkyl halides is 2. The van der Waals surface area contributed by atoms with Crippen molar-refractivity contribution in [3.8, 4) is 0 Å². The average Bonchev–Trinajstić information content (AvgIpc) is 2.45. The summed E-state index contributed by atoms with van der Waals surface area (Å²) in [5.74, 6) is -3.23. The molecule has 110 valence electrons. The van der Waals surface area contributed by atoms with E-state index in [1.807, 2.05) is 0 Å². The lowest BCUT2D eigenvalue weighted by Gasteiger charge is -2.10. The Morgan fingerprint density at radius 3 is 2.29 bits per heavy atom. The van der Waals surface area contributed by atoms with E-state index in [-0.39, 0.29) is 23.5 Å². The zero-order valence-electron chi connectivity index (χ0n) is 11.5. The number of aliphatic imine (C=N–C) groups is 1. The van der Waals surface area contributed by atoms with E-state index in [4.69, 9.17) is 5.73 Å². The lowest BCUT2D eigenvalue weighted by atomic mass is 10.1. The van der Waals surface area contributed by atoms with Gasteiger partial charge in [-0.3, -0.25) is 4.99 Å². The molecule has 0 unspecified atom stereocenters. The SMILES string of the molecule is CC(F)(F)c1ccc(CN=C(N)c2ccccc2F)cc1. The van der Waals surface area contributed by atoms with Gasteiger partial charge in [-0.05, 0) is 17.7 Å². The van der Waals surface area contributed by atoms with Gasteiger partial charge in [0.1, 0.15) is 11.7 Å². The summed E-state index contributed by atoms with van der Waals surface area (Å²) in [5.41, 5.74) is 6.63. The molecule has 2 aromatic rings. The van der Waals surface area contributed by atoms with E-state index >= 15 is 0 Å². The first-order valence-corrected chi connectivity index (χ1v) is 6.40. The fourth-order valence-corrected chi connectivity index (χ4v) is 1.83. The highest BCUT2D eigenvalue weighted by Crippen LogP contribution is 2.26. The molecule has 0 aliphatic heterocycles. The van der Waals surface area contributed by atoms with Gasteiger partial charge in [0.05, 0.1) is 12.1 Å². The Labute approximate surface area is 121 Å². The van der Waals surface area contributed by atoms with Crippen LogP contribution in [0.1, 0.15) is 23.6 Å². The molecule has 0 bridgehead atoms. The molecule has 0 atom stereocenters. The molecule has 2 aromatic carbocycles. The minimum atomic E-state index is -2.87. The van der Waals surface area contributed by atoms with Crippen molar-refractivity contribution >= 4 is 5.84 Å². The Morgan fingerprint density at radius 1 is 1.10 bits per heavy atom. The summed E-state index contributed by atoms with van der Waals surface area (Å²) in [6.07, 6.45) is 0. The molecule has 21 heavy (non-hydrogen) atoms. The van der Waals surface area contributed by atoms with Gasteiger partial charge in [0.2, 0.25) is 0 Å². The molecule has 2 nitrogen and oxygen atoms in total. The Morgan fingerprint density at radius 2 is 1.71 bits per heavy atom. The minimum absolute atomic E-state index is 0.0581. The molecule has 0 saturated carbocycles. The van der Waals surface area contributed by atoms with E-state index in [1.54, 1.807) is 24.3 Å². The van der Waals surface area contributed by atoms with Crippen molar-refractivity contribution in [2.24, 2.45) is 10.7 Å². The molecule has 2 rings (SSSR count). The summed E-state index contributed by atoms with van der Waals surface area (Å²) in [7, 11) is 0. The van der Waals surface area contributed by atoms with Crippen molar-refractivity contribution in [2.45, 2.75) is 19.4 Å². The second-order valence-electron chi connectivity index (χ2n) is 4.77. The molecular formula is C16H15F3N2. The standard InChI is InChI=1S/C16H15F3N2/c1-16(18,19)12-8-6-11(7-9-12)10-21-15(20)13-4-2-3-5-14(13)17/h2-9H,10H2,1H3,(H2,20,21). The number of amidine groups is 1. The van der Waals surface area contributed by atoms with Gasteiger partial charge in [0.15, 0.2) is 0 Å². The number of nitrogens with two attached hydrogens (primary N) is 1. The van der Waals surface area contributed by atoms with E-state index in [0.717, 1.165) is 12.5 Å². The first kappa shape index (κ1) is 15.1. The van der Waals surface area contributed by atoms with Crippen LogP contribution < -0.4 is 5.73 Å². The maximum Gasteiger partial charge on any atom is 0.270 e. The fraction of sp³-hybridized carbons (Fsp3) is 0.188. The third-order valence-electron chi connectivity index (χ3n) is 3.04. The van der Waals surface area contributed by atoms with Gasteiger partial charge in [-0.25, -0.2) is 13.2 Å². The van der Waals surface area contributed by atoms with Gasteiger partial charge in [0, 0.05) is 12.5 Å². The van der Waals surface area contributed by atoms with Gasteiger partial charge in [-0.1, -0.05) is 36.4 Å². The molecule has 0 saturated heterocycles. The number of halogens is 3. The quantitative estimate of drug-likeness (QED) is 0.674. The highest BCUT2D eigenvalue weighted by Gasteiger charge is 2.23. The maximum atomic E-state index is 13.5. The van der Waals surface area contributed by atoms with Crippen molar-refractivity contribution in [3.63, 3.8) is 0 Å². The molecule has 0 amide bonds. The Bertz CT molecular complexity index is 643. The molecular weight excluding hydrogens is 277 g/mol. The van der Waals surface area contributed by atoms with E-state index in [1.165, 1.54) is 24.3 Å². The van der Waals surface area contributed by atoms with Crippen molar-refractivity contribution in [1.82, 2.24) is 0 Å². The van der Waals surface area contributed by atoms with Crippen molar-refractivity contribution < 1.29 is 13.2 Å². The zero-order chi connectivity index (χ0) is 15.5. The summed E-state index contributed by atoms with van der Waals surface area (Å²) in [6, 6.07) is 11.9. The normalized spacial score (nSPS) is 12.5. The summed E-state index contributed by atoms with van der Waals surface area (Å²) >= 11 is 0. The van der Waals surface area contributed by atoms with Crippen LogP contribution in [0.15, 0.2) is 53.5 Å². The van der Waals surface area contributed by atoms with Crippen molar-refractivity contribution in [2.75, 3.05) is 0 Å². The van der Waals surface area contributed by atoms with E-state index < -0.39 is 11.7 Å². The Hall–Kier alpha value is -2.30. The van der Waals surface area contributed by atoms with E-state index in [9.17, 15) is 13.2 Å². The van der Waals surface area contributed by atoms with Gasteiger partial charge in [-0.2, -0.15) is 0 Å². The number of hydrogen-bond donors (Lipinski definition) is 1. The summed E-state index contributed by atoms with van der Waals surface area (Å²) in [4.78, 5) is 4.08. The van der Waals surface area contributed by atoms with Gasteiger partial charge in [-0.15, -0.1) is 0 Å². The first-order valence-electron chi connectivity index (χ1n) is 6.40. The molecule has 0 aliphatic carbocycles. The van der Waals surface area contributed by atoms with Crippen LogP contribution >= 0.6 is 0 Å². The molecule has 0 spiro atoms. The van der Waals surface area contributed by atoms with Gasteiger partial charge < -0.3 is 5.73 Å². The topological polar surface area (TPSA) is 38.4 Å². The van der Waals surface area contributed by atoms with Crippen LogP contribution in [0, 0.1) is 5.82 Å². The third kappa shape index (κ3) is 3.84. The summed E-state index contributed by atoms with van der Waals surface area (Å²) in [6.45, 7) is 1.05. The van der Waals surface area contributed by atoms with Crippen LogP contribution in [0.4, 0.5) is 13.2 Å². The lowest BCUT2D eigenvalue weighted by molar-refractivity contribution is 0.0174. The van der Waals surface area contributed by atoms with E-state index in [2.05, 4.69) is 4.99 Å². The van der Waals surface area contributed by atoms with Crippen LogP contribution in [0.3, 0.4) is 0 Å². The molecule has 0 aromatic heterocycles. The van der Waals surface area contributed by atoms with Crippen LogP contribution in [0.5, 0.6) is 0 Å². The molecule has 0 radical (unpaired) electrons. The van der Waals surface area contributed by atoms with Gasteiger partial charge in [0.25, 0.3) is 5.92 Å². The first-order chi connectivity index (χ1) is 9.88. The number of rotatable bonds is 4. The molecule has 0 fully saturated rings. The van der Waals surface area contributed by atoms with Crippen LogP contribution in [0.2, 0.25) is 0 Å². The zero-order valence-corrected chi connectivity index (χ0v) is 11.5. The Balaban J connectivity index is 2.12. The Kier molecular flexibility index (Phi) is 4.31. The second-order valence-corrected chi connectivity index (χ2v) is 4.77. The largest absolute Gasteiger partial charge is 0.383 e. The minimum Gasteiger partial charge on any atom is -0.383 e. The van der Waals surface area contributed by atoms with Crippen LogP contribution in [-0.4, -0.2) is 5.84 Å². The molecule has 5 heteroatoms. The van der Waals surface area contributed by atoms with Crippen LogP contribution in [0.25, 0.3) is 0 Å². The summed E-state index contributed by atoms with van der Waals surface area (Å²) < 4.78 is 39.7. The number of benzene rings is 2. The number of nitrogens with zero attached hydrogens (tertiary/aromatic N) is 1. The van der Waals surface area contributed by atoms with Gasteiger partial charge >= 0.3 is 0 Å². The van der Waals surface area contributed by atoms with Crippen molar-refractivity contribution in [3.05, 3.63) is 71.0 Å². The smallest absolute Gasteiger partial charge is 0.270 e.